The molecule has 0 amide bonds. The van der Waals surface area contributed by atoms with Crippen molar-refractivity contribution in [2.45, 2.75) is 66.2 Å². The first-order valence-corrected chi connectivity index (χ1v) is 16.0. The normalized spacial score (nSPS) is 13.7. The van der Waals surface area contributed by atoms with Gasteiger partial charge in [-0.25, -0.2) is 4.98 Å². The molecular weight excluding hydrogens is 751 g/mol. The van der Waals surface area contributed by atoms with Crippen molar-refractivity contribution in [3.63, 3.8) is 0 Å². The third-order valence-electron chi connectivity index (χ3n) is 8.84. The molecular formula is C39H35IrN3OS-2. The van der Waals surface area contributed by atoms with Crippen LogP contribution >= 0.6 is 11.3 Å². The van der Waals surface area contributed by atoms with Gasteiger partial charge in [-0.05, 0) is 85.5 Å². The number of furan rings is 1. The van der Waals surface area contributed by atoms with Gasteiger partial charge in [-0.1, -0.05) is 49.4 Å². The van der Waals surface area contributed by atoms with Crippen molar-refractivity contribution in [2.24, 2.45) is 0 Å². The summed E-state index contributed by atoms with van der Waals surface area (Å²) in [5.74, 6) is 0. The first-order valence-electron chi connectivity index (χ1n) is 15.2. The first kappa shape index (κ1) is 31.3. The van der Waals surface area contributed by atoms with Crippen LogP contribution in [0.1, 0.15) is 59.5 Å². The fourth-order valence-electron chi connectivity index (χ4n) is 6.26. The molecule has 1 radical (unpaired) electrons. The Labute approximate surface area is 282 Å². The molecule has 0 saturated heterocycles. The van der Waals surface area contributed by atoms with Crippen molar-refractivity contribution in [1.29, 1.82) is 0 Å². The van der Waals surface area contributed by atoms with E-state index in [1.54, 1.807) is 0 Å². The average Bonchev–Trinajstić information content (AvgIpc) is 3.57. The van der Waals surface area contributed by atoms with E-state index in [-0.39, 0.29) is 25.5 Å². The first-order chi connectivity index (χ1) is 21.2. The van der Waals surface area contributed by atoms with Gasteiger partial charge < -0.3 is 14.4 Å². The number of hydrogen-bond donors (Lipinski definition) is 0. The summed E-state index contributed by atoms with van der Waals surface area (Å²) in [6, 6.07) is 25.2. The SMILES string of the molecule is Cc1c[c-]c(-c2cc(C)c(C)cn2)cc1.Cc1ccc2c(n1)oc1c(-c3cc4c5c(sc4cn3)CCCC5(C)C)[c-]ccc12.[Ir]. The molecule has 0 fully saturated rings. The van der Waals surface area contributed by atoms with Crippen LogP contribution < -0.4 is 0 Å². The summed E-state index contributed by atoms with van der Waals surface area (Å²) < 4.78 is 7.47. The van der Waals surface area contributed by atoms with Crippen molar-refractivity contribution in [3.05, 3.63) is 112 Å². The second-order valence-corrected chi connectivity index (χ2v) is 13.8. The molecule has 45 heavy (non-hydrogen) atoms. The van der Waals surface area contributed by atoms with E-state index in [9.17, 15) is 0 Å². The smallest absolute Gasteiger partial charge is 0.216 e. The summed E-state index contributed by atoms with van der Waals surface area (Å²) in [7, 11) is 0. The van der Waals surface area contributed by atoms with Crippen molar-refractivity contribution in [3.8, 4) is 22.5 Å². The molecule has 229 valence electrons. The van der Waals surface area contributed by atoms with Crippen LogP contribution in [-0.4, -0.2) is 15.0 Å². The van der Waals surface area contributed by atoms with Gasteiger partial charge in [-0.3, -0.25) is 0 Å². The number of thiophene rings is 1. The maximum Gasteiger partial charge on any atom is 0.216 e. The zero-order valence-electron chi connectivity index (χ0n) is 26.5. The number of nitrogens with zero attached hydrogens (tertiary/aromatic N) is 3. The Hall–Kier alpha value is -3.70. The van der Waals surface area contributed by atoms with Gasteiger partial charge in [0, 0.05) is 48.5 Å². The summed E-state index contributed by atoms with van der Waals surface area (Å²) in [4.78, 5) is 15.3. The van der Waals surface area contributed by atoms with Crippen LogP contribution in [0.4, 0.5) is 0 Å². The van der Waals surface area contributed by atoms with Crippen LogP contribution in [0.2, 0.25) is 0 Å². The Balaban J connectivity index is 0.000000190. The van der Waals surface area contributed by atoms with Gasteiger partial charge >= 0.3 is 0 Å². The van der Waals surface area contributed by atoms with Crippen molar-refractivity contribution in [1.82, 2.24) is 15.0 Å². The van der Waals surface area contributed by atoms with Crippen LogP contribution in [0.15, 0.2) is 71.4 Å². The number of aryl methyl sites for hydroxylation is 5. The Morgan fingerprint density at radius 1 is 0.844 bits per heavy atom. The Morgan fingerprint density at radius 3 is 2.44 bits per heavy atom. The van der Waals surface area contributed by atoms with E-state index in [0.29, 0.717) is 5.71 Å². The van der Waals surface area contributed by atoms with E-state index in [2.05, 4.69) is 93.1 Å². The van der Waals surface area contributed by atoms with Gasteiger partial charge in [0.2, 0.25) is 5.71 Å². The van der Waals surface area contributed by atoms with E-state index in [0.717, 1.165) is 44.6 Å². The summed E-state index contributed by atoms with van der Waals surface area (Å²) >= 11 is 1.91. The number of fused-ring (bicyclic) bond motifs is 6. The van der Waals surface area contributed by atoms with Gasteiger partial charge in [0.1, 0.15) is 0 Å². The van der Waals surface area contributed by atoms with Gasteiger partial charge in [0.15, 0.2) is 0 Å². The standard InChI is InChI=1S/C25H21N2OS.C14H14N.Ir/c1-14-9-10-16-15-6-4-7-17(23(15)28-24(16)27-14)19-12-18-21(13-26-19)29-20-8-5-11-25(2,3)22(18)20;1-10-4-6-13(7-5-10)14-8-11(2)12(3)9-15-14;/h4,6,9-10,12-13H,5,8,11H2,1-3H3;4-6,8-9H,1-3H3;/q2*-1;. The molecule has 0 saturated carbocycles. The van der Waals surface area contributed by atoms with Crippen molar-refractivity contribution >= 4 is 43.5 Å². The van der Waals surface area contributed by atoms with E-state index < -0.39 is 0 Å². The molecule has 7 aromatic rings. The molecule has 6 heteroatoms. The molecule has 0 N–H and O–H groups in total. The minimum absolute atomic E-state index is 0. The molecule has 0 spiro atoms. The summed E-state index contributed by atoms with van der Waals surface area (Å²) in [6.07, 6.45) is 7.63. The molecule has 2 aromatic carbocycles. The van der Waals surface area contributed by atoms with E-state index in [1.165, 1.54) is 56.5 Å². The quantitative estimate of drug-likeness (QED) is 0.164. The molecule has 0 aliphatic heterocycles. The minimum Gasteiger partial charge on any atom is -0.486 e. The topological polar surface area (TPSA) is 51.8 Å². The van der Waals surface area contributed by atoms with E-state index in [4.69, 9.17) is 9.40 Å². The number of rotatable bonds is 2. The zero-order valence-corrected chi connectivity index (χ0v) is 29.7. The Morgan fingerprint density at radius 2 is 1.67 bits per heavy atom. The summed E-state index contributed by atoms with van der Waals surface area (Å²) in [5.41, 5.74) is 11.8. The molecule has 1 aliphatic carbocycles. The summed E-state index contributed by atoms with van der Waals surface area (Å²) in [6.45, 7) is 13.0. The molecule has 5 heterocycles. The predicted molar refractivity (Wildman–Crippen MR) is 182 cm³/mol. The van der Waals surface area contributed by atoms with Gasteiger partial charge in [0.05, 0.1) is 10.3 Å². The molecule has 1 aliphatic rings. The maximum absolute atomic E-state index is 6.19. The third-order valence-corrected chi connectivity index (χ3v) is 10.0. The number of aromatic nitrogens is 3. The van der Waals surface area contributed by atoms with E-state index in [1.807, 2.05) is 48.9 Å². The monoisotopic (exact) mass is 786 g/mol. The van der Waals surface area contributed by atoms with Gasteiger partial charge in [-0.2, -0.15) is 0 Å². The summed E-state index contributed by atoms with van der Waals surface area (Å²) in [5, 5.41) is 3.45. The number of benzene rings is 2. The zero-order chi connectivity index (χ0) is 30.6. The van der Waals surface area contributed by atoms with Gasteiger partial charge in [0.25, 0.3) is 0 Å². The van der Waals surface area contributed by atoms with Crippen molar-refractivity contribution < 1.29 is 24.5 Å². The van der Waals surface area contributed by atoms with Crippen molar-refractivity contribution in [2.75, 3.05) is 0 Å². The second-order valence-electron chi connectivity index (χ2n) is 12.6. The molecule has 8 rings (SSSR count). The second kappa shape index (κ2) is 12.2. The molecule has 0 atom stereocenters. The van der Waals surface area contributed by atoms with Crippen LogP contribution in [-0.2, 0) is 31.9 Å². The molecule has 0 bridgehead atoms. The van der Waals surface area contributed by atoms with Crippen LogP contribution in [0.3, 0.4) is 0 Å². The fourth-order valence-corrected chi connectivity index (χ4v) is 7.64. The van der Waals surface area contributed by atoms with Crippen LogP contribution in [0.25, 0.3) is 54.7 Å². The number of pyridine rings is 3. The minimum atomic E-state index is 0. The maximum atomic E-state index is 6.19. The average molecular weight is 786 g/mol. The molecule has 4 nitrogen and oxygen atoms in total. The molecule has 0 unspecified atom stereocenters. The Bertz CT molecular complexity index is 2180. The number of hydrogen-bond acceptors (Lipinski definition) is 5. The predicted octanol–water partition coefficient (Wildman–Crippen LogP) is 10.5. The van der Waals surface area contributed by atoms with Gasteiger partial charge in [-0.15, -0.1) is 64.9 Å². The molecule has 5 aromatic heterocycles. The fraction of sp³-hybridized carbons (Fsp3) is 0.256. The van der Waals surface area contributed by atoms with E-state index >= 15 is 0 Å². The largest absolute Gasteiger partial charge is 0.486 e. The van der Waals surface area contributed by atoms with Crippen LogP contribution in [0.5, 0.6) is 0 Å². The third kappa shape index (κ3) is 5.88. The Kier molecular flexibility index (Phi) is 8.51. The van der Waals surface area contributed by atoms with Crippen LogP contribution in [0, 0.1) is 39.8 Å².